The van der Waals surface area contributed by atoms with Crippen LogP contribution in [0.5, 0.6) is 0 Å². The lowest BCUT2D eigenvalue weighted by Crippen LogP contribution is -1.95. The lowest BCUT2D eigenvalue weighted by Gasteiger charge is -2.03. The van der Waals surface area contributed by atoms with Crippen molar-refractivity contribution in [2.45, 2.75) is 14.7 Å². The molecule has 1 heterocycles. The van der Waals surface area contributed by atoms with E-state index in [9.17, 15) is 9.59 Å². The summed E-state index contributed by atoms with van der Waals surface area (Å²) in [5, 5.41) is -0.112. The van der Waals surface area contributed by atoms with Gasteiger partial charge in [-0.1, -0.05) is 41.1 Å². The SMILES string of the molecule is O=C(Sc1cc2oc(=O)c(-c3ccccc3)c-2ccc1SS)c1ccc(S)cc1. The molecule has 0 atom stereocenters. The topological polar surface area (TPSA) is 47.3 Å². The van der Waals surface area contributed by atoms with Gasteiger partial charge in [0.1, 0.15) is 5.76 Å². The molecule has 0 amide bonds. The van der Waals surface area contributed by atoms with Crippen molar-refractivity contribution >= 4 is 52.0 Å². The molecule has 0 fully saturated rings. The Kier molecular flexibility index (Phi) is 6.10. The van der Waals surface area contributed by atoms with Crippen LogP contribution < -0.4 is 5.63 Å². The van der Waals surface area contributed by atoms with Crippen LogP contribution in [0, 0.1) is 0 Å². The number of carbonyl (C=O) groups excluding carboxylic acids is 1. The van der Waals surface area contributed by atoms with Gasteiger partial charge >= 0.3 is 5.63 Å². The van der Waals surface area contributed by atoms with Gasteiger partial charge in [-0.2, -0.15) is 0 Å². The Morgan fingerprint density at radius 3 is 2.31 bits per heavy atom. The van der Waals surface area contributed by atoms with Gasteiger partial charge in [0.15, 0.2) is 0 Å². The minimum Gasteiger partial charge on any atom is -0.422 e. The fourth-order valence-corrected chi connectivity index (χ4v) is 5.06. The molecule has 3 nitrogen and oxygen atoms in total. The van der Waals surface area contributed by atoms with Gasteiger partial charge in [0.2, 0.25) is 5.12 Å². The molecule has 4 rings (SSSR count). The number of furan rings is 1. The van der Waals surface area contributed by atoms with Crippen LogP contribution in [0.15, 0.2) is 96.7 Å². The summed E-state index contributed by atoms with van der Waals surface area (Å²) >= 11 is 9.66. The monoisotopic (exact) mass is 454 g/mol. The van der Waals surface area contributed by atoms with Crippen LogP contribution in [0.2, 0.25) is 0 Å². The minimum absolute atomic E-state index is 0.112. The molecule has 2 aliphatic rings. The highest BCUT2D eigenvalue weighted by Crippen LogP contribution is 2.39. The second-order valence-electron chi connectivity index (χ2n) is 6.14. The van der Waals surface area contributed by atoms with E-state index in [0.29, 0.717) is 27.3 Å². The van der Waals surface area contributed by atoms with Crippen LogP contribution in [-0.4, -0.2) is 5.12 Å². The van der Waals surface area contributed by atoms with E-state index in [1.807, 2.05) is 42.5 Å². The number of thiol groups is 2. The average molecular weight is 455 g/mol. The summed E-state index contributed by atoms with van der Waals surface area (Å²) in [6.45, 7) is 0. The van der Waals surface area contributed by atoms with Gasteiger partial charge in [-0.15, -0.1) is 24.3 Å². The molecule has 0 saturated heterocycles. The third kappa shape index (κ3) is 4.28. The third-order valence-electron chi connectivity index (χ3n) is 4.31. The molecule has 1 aliphatic carbocycles. The molecule has 0 saturated carbocycles. The second-order valence-corrected chi connectivity index (χ2v) is 8.84. The van der Waals surface area contributed by atoms with E-state index in [1.54, 1.807) is 30.3 Å². The highest BCUT2D eigenvalue weighted by molar-refractivity contribution is 8.68. The zero-order chi connectivity index (χ0) is 20.4. The summed E-state index contributed by atoms with van der Waals surface area (Å²) in [4.78, 5) is 27.5. The first-order chi connectivity index (χ1) is 14.1. The maximum absolute atomic E-state index is 12.7. The van der Waals surface area contributed by atoms with Gasteiger partial charge in [-0.25, -0.2) is 4.79 Å². The number of benzene rings is 2. The number of hydrogen-bond acceptors (Lipinski definition) is 7. The van der Waals surface area contributed by atoms with Gasteiger partial charge in [0, 0.05) is 25.8 Å². The Morgan fingerprint density at radius 2 is 1.62 bits per heavy atom. The lowest BCUT2D eigenvalue weighted by molar-refractivity contribution is 0.108. The Balaban J connectivity index is 1.77. The highest BCUT2D eigenvalue weighted by Gasteiger charge is 2.21. The van der Waals surface area contributed by atoms with Gasteiger partial charge in [-0.05, 0) is 59.8 Å². The molecule has 0 N–H and O–H groups in total. The zero-order valence-corrected chi connectivity index (χ0v) is 18.3. The van der Waals surface area contributed by atoms with E-state index in [0.717, 1.165) is 27.1 Å². The Bertz CT molecular complexity index is 1200. The van der Waals surface area contributed by atoms with Crippen molar-refractivity contribution < 1.29 is 9.21 Å². The van der Waals surface area contributed by atoms with Gasteiger partial charge < -0.3 is 4.42 Å². The Labute approximate surface area is 186 Å². The van der Waals surface area contributed by atoms with Gasteiger partial charge in [0.25, 0.3) is 0 Å². The molecule has 0 radical (unpaired) electrons. The molecular weight excluding hydrogens is 441 g/mol. The molecule has 2 aromatic carbocycles. The highest BCUT2D eigenvalue weighted by atomic mass is 33.1. The Morgan fingerprint density at radius 1 is 0.897 bits per heavy atom. The standard InChI is InChI=1S/C22H14O3S4/c23-21-20(13-4-2-1-3-5-13)16-10-11-18(29-27)19(12-17(16)25-21)28-22(24)14-6-8-15(26)9-7-14/h1-12,26-27H. The van der Waals surface area contributed by atoms with Crippen LogP contribution in [-0.2, 0) is 0 Å². The number of thioether (sulfide) groups is 1. The van der Waals surface area contributed by atoms with Crippen molar-refractivity contribution in [3.63, 3.8) is 0 Å². The predicted molar refractivity (Wildman–Crippen MR) is 126 cm³/mol. The summed E-state index contributed by atoms with van der Waals surface area (Å²) in [6, 6.07) is 21.8. The largest absolute Gasteiger partial charge is 0.422 e. The van der Waals surface area contributed by atoms with Crippen molar-refractivity contribution in [3.05, 3.63) is 88.8 Å². The predicted octanol–water partition coefficient (Wildman–Crippen LogP) is 6.57. The molecule has 0 aromatic heterocycles. The molecule has 0 unspecified atom stereocenters. The van der Waals surface area contributed by atoms with E-state index in [2.05, 4.69) is 24.3 Å². The van der Waals surface area contributed by atoms with E-state index < -0.39 is 5.63 Å². The van der Waals surface area contributed by atoms with Crippen molar-refractivity contribution in [2.75, 3.05) is 0 Å². The van der Waals surface area contributed by atoms with E-state index in [4.69, 9.17) is 4.42 Å². The first kappa shape index (κ1) is 20.2. The van der Waals surface area contributed by atoms with Gasteiger partial charge in [-0.3, -0.25) is 4.79 Å². The number of fused-ring (bicyclic) bond motifs is 1. The van der Waals surface area contributed by atoms with Crippen LogP contribution in [0.25, 0.3) is 22.5 Å². The van der Waals surface area contributed by atoms with Crippen LogP contribution in [0.3, 0.4) is 0 Å². The normalized spacial score (nSPS) is 11.0. The lowest BCUT2D eigenvalue weighted by atomic mass is 10.0. The molecule has 0 spiro atoms. The van der Waals surface area contributed by atoms with Crippen molar-refractivity contribution in [1.82, 2.24) is 0 Å². The average Bonchev–Trinajstić information content (AvgIpc) is 2.94. The maximum atomic E-state index is 12.7. The third-order valence-corrected chi connectivity index (χ3v) is 6.86. The smallest absolute Gasteiger partial charge is 0.344 e. The summed E-state index contributed by atoms with van der Waals surface area (Å²) in [7, 11) is 1.24. The summed E-state index contributed by atoms with van der Waals surface area (Å²) in [5.74, 6) is 0.434. The van der Waals surface area contributed by atoms with Crippen LogP contribution in [0.4, 0.5) is 0 Å². The van der Waals surface area contributed by atoms with E-state index in [-0.39, 0.29) is 5.12 Å². The fourth-order valence-electron chi connectivity index (χ4n) is 2.93. The van der Waals surface area contributed by atoms with Crippen molar-refractivity contribution in [1.29, 1.82) is 0 Å². The molecule has 2 aromatic rings. The first-order valence-corrected chi connectivity index (χ1v) is 11.7. The quantitative estimate of drug-likeness (QED) is 0.207. The molecule has 144 valence electrons. The number of carbonyl (C=O) groups is 1. The number of hydrogen-bond donors (Lipinski definition) is 2. The van der Waals surface area contributed by atoms with Crippen LogP contribution >= 0.6 is 46.8 Å². The molecule has 29 heavy (non-hydrogen) atoms. The van der Waals surface area contributed by atoms with Crippen molar-refractivity contribution in [2.24, 2.45) is 0 Å². The molecule has 7 heteroatoms. The maximum Gasteiger partial charge on any atom is 0.344 e. The summed E-state index contributed by atoms with van der Waals surface area (Å²) in [5.41, 5.74) is 2.17. The fraction of sp³-hybridized carbons (Fsp3) is 0. The first-order valence-electron chi connectivity index (χ1n) is 8.56. The Hall–Kier alpha value is -2.06. The summed E-state index contributed by atoms with van der Waals surface area (Å²) < 4.78 is 5.53. The molecule has 1 aliphatic heterocycles. The van der Waals surface area contributed by atoms with E-state index >= 15 is 0 Å². The molecular formula is C22H14O3S4. The minimum atomic E-state index is -0.399. The summed E-state index contributed by atoms with van der Waals surface area (Å²) in [6.07, 6.45) is 0. The molecule has 0 bridgehead atoms. The van der Waals surface area contributed by atoms with Gasteiger partial charge in [0.05, 0.1) is 5.56 Å². The van der Waals surface area contributed by atoms with Crippen LogP contribution in [0.1, 0.15) is 10.4 Å². The zero-order valence-electron chi connectivity index (χ0n) is 14.9. The van der Waals surface area contributed by atoms with E-state index in [1.165, 1.54) is 10.8 Å². The second kappa shape index (κ2) is 8.75. The van der Waals surface area contributed by atoms with Crippen molar-refractivity contribution in [3.8, 4) is 22.5 Å². The number of rotatable bonds is 4.